The van der Waals surface area contributed by atoms with Gasteiger partial charge in [-0.1, -0.05) is 17.3 Å². The van der Waals surface area contributed by atoms with Gasteiger partial charge in [0, 0.05) is 13.6 Å². The van der Waals surface area contributed by atoms with Crippen LogP contribution in [0.25, 0.3) is 0 Å². The van der Waals surface area contributed by atoms with Crippen molar-refractivity contribution in [3.8, 4) is 5.75 Å². The lowest BCUT2D eigenvalue weighted by Gasteiger charge is -2.11. The highest BCUT2D eigenvalue weighted by Gasteiger charge is 2.05. The molecule has 0 unspecified atom stereocenters. The van der Waals surface area contributed by atoms with Gasteiger partial charge in [-0.3, -0.25) is 4.99 Å². The number of aliphatic imine (C=N–C) groups is 1. The first-order chi connectivity index (χ1) is 11.1. The molecule has 2 aromatic rings. The summed E-state index contributed by atoms with van der Waals surface area (Å²) >= 11 is 0. The molecule has 0 spiro atoms. The van der Waals surface area contributed by atoms with E-state index >= 15 is 0 Å². The van der Waals surface area contributed by atoms with Crippen LogP contribution in [0.15, 0.2) is 27.7 Å². The Balaban J connectivity index is 0.00000288. The molecular formula is C16H24IN5O2. The summed E-state index contributed by atoms with van der Waals surface area (Å²) in [7, 11) is 3.42. The van der Waals surface area contributed by atoms with Gasteiger partial charge in [-0.15, -0.1) is 24.0 Å². The molecule has 0 aliphatic heterocycles. The molecule has 0 fully saturated rings. The third-order valence-electron chi connectivity index (χ3n) is 3.38. The summed E-state index contributed by atoms with van der Waals surface area (Å²) in [4.78, 5) is 8.30. The average molecular weight is 445 g/mol. The fraction of sp³-hybridized carbons (Fsp3) is 0.438. The number of nitrogens with one attached hydrogen (secondary N) is 2. The van der Waals surface area contributed by atoms with E-state index < -0.39 is 0 Å². The minimum absolute atomic E-state index is 0. The van der Waals surface area contributed by atoms with Crippen LogP contribution in [-0.4, -0.2) is 36.8 Å². The van der Waals surface area contributed by atoms with Crippen molar-refractivity contribution in [2.45, 2.75) is 26.8 Å². The Hall–Kier alpha value is -1.84. The summed E-state index contributed by atoms with van der Waals surface area (Å²) in [6, 6.07) is 6.24. The lowest BCUT2D eigenvalue weighted by atomic mass is 10.1. The Bertz CT molecular complexity index is 672. The molecule has 1 aromatic carbocycles. The zero-order chi connectivity index (χ0) is 16.7. The number of guanidine groups is 1. The maximum Gasteiger partial charge on any atom is 0.246 e. The summed E-state index contributed by atoms with van der Waals surface area (Å²) < 4.78 is 10.4. The number of ether oxygens (including phenoxy) is 1. The predicted molar refractivity (Wildman–Crippen MR) is 104 cm³/mol. The minimum atomic E-state index is 0. The van der Waals surface area contributed by atoms with Crippen LogP contribution >= 0.6 is 24.0 Å². The second kappa shape index (κ2) is 10.1. The van der Waals surface area contributed by atoms with Crippen molar-refractivity contribution in [1.29, 1.82) is 0 Å². The molecule has 1 heterocycles. The van der Waals surface area contributed by atoms with E-state index in [1.165, 1.54) is 5.56 Å². The van der Waals surface area contributed by atoms with Crippen molar-refractivity contribution in [3.05, 3.63) is 41.0 Å². The monoisotopic (exact) mass is 445 g/mol. The van der Waals surface area contributed by atoms with Gasteiger partial charge in [0.15, 0.2) is 11.8 Å². The van der Waals surface area contributed by atoms with E-state index in [0.29, 0.717) is 24.2 Å². The first-order valence-corrected chi connectivity index (χ1v) is 7.49. The second-order valence-corrected chi connectivity index (χ2v) is 5.14. The van der Waals surface area contributed by atoms with E-state index in [-0.39, 0.29) is 24.0 Å². The minimum Gasteiger partial charge on any atom is -0.496 e. The van der Waals surface area contributed by atoms with Crippen molar-refractivity contribution in [2.24, 2.45) is 4.99 Å². The summed E-state index contributed by atoms with van der Waals surface area (Å²) in [5, 5.41) is 10.1. The molecule has 7 nitrogen and oxygen atoms in total. The number of rotatable bonds is 6. The van der Waals surface area contributed by atoms with Gasteiger partial charge < -0.3 is 19.9 Å². The van der Waals surface area contributed by atoms with E-state index in [1.807, 2.05) is 6.92 Å². The van der Waals surface area contributed by atoms with Crippen molar-refractivity contribution < 1.29 is 9.26 Å². The van der Waals surface area contributed by atoms with Crippen molar-refractivity contribution in [2.75, 3.05) is 20.7 Å². The Morgan fingerprint density at radius 1 is 1.29 bits per heavy atom. The number of halogens is 1. The molecular weight excluding hydrogens is 421 g/mol. The highest BCUT2D eigenvalue weighted by molar-refractivity contribution is 14.0. The van der Waals surface area contributed by atoms with Gasteiger partial charge in [-0.05, 0) is 37.5 Å². The molecule has 2 rings (SSSR count). The quantitative estimate of drug-likeness (QED) is 0.403. The van der Waals surface area contributed by atoms with E-state index in [4.69, 9.17) is 9.26 Å². The van der Waals surface area contributed by atoms with Crippen LogP contribution in [0, 0.1) is 13.8 Å². The van der Waals surface area contributed by atoms with Crippen LogP contribution in [0.3, 0.4) is 0 Å². The molecule has 0 radical (unpaired) electrons. The van der Waals surface area contributed by atoms with Crippen molar-refractivity contribution in [1.82, 2.24) is 20.8 Å². The maximum atomic E-state index is 5.34. The first-order valence-electron chi connectivity index (χ1n) is 7.49. The zero-order valence-electron chi connectivity index (χ0n) is 14.4. The average Bonchev–Trinajstić information content (AvgIpc) is 2.97. The molecule has 24 heavy (non-hydrogen) atoms. The fourth-order valence-electron chi connectivity index (χ4n) is 2.14. The van der Waals surface area contributed by atoms with Crippen LogP contribution in [0.1, 0.15) is 22.8 Å². The molecule has 132 valence electrons. The lowest BCUT2D eigenvalue weighted by Crippen LogP contribution is -2.37. The molecule has 8 heteroatoms. The van der Waals surface area contributed by atoms with Crippen molar-refractivity contribution in [3.63, 3.8) is 0 Å². The Labute approximate surface area is 159 Å². The first kappa shape index (κ1) is 20.2. The van der Waals surface area contributed by atoms with Crippen LogP contribution in [0.5, 0.6) is 5.75 Å². The van der Waals surface area contributed by atoms with Gasteiger partial charge in [-0.25, -0.2) is 0 Å². The molecule has 2 N–H and O–H groups in total. The van der Waals surface area contributed by atoms with Gasteiger partial charge in [-0.2, -0.15) is 4.98 Å². The highest BCUT2D eigenvalue weighted by atomic mass is 127. The number of benzene rings is 1. The van der Waals surface area contributed by atoms with E-state index in [0.717, 1.165) is 24.3 Å². The summed E-state index contributed by atoms with van der Waals surface area (Å²) in [5.41, 5.74) is 2.35. The van der Waals surface area contributed by atoms with E-state index in [2.05, 4.69) is 44.0 Å². The van der Waals surface area contributed by atoms with Gasteiger partial charge in [0.05, 0.1) is 13.7 Å². The number of nitrogens with zero attached hydrogens (tertiary/aromatic N) is 3. The molecule has 0 saturated heterocycles. The number of hydrogen-bond acceptors (Lipinski definition) is 5. The number of hydrogen-bond donors (Lipinski definition) is 2. The van der Waals surface area contributed by atoms with Crippen LogP contribution in [0.4, 0.5) is 0 Å². The fourth-order valence-corrected chi connectivity index (χ4v) is 2.14. The van der Waals surface area contributed by atoms with Gasteiger partial charge >= 0.3 is 0 Å². The Morgan fingerprint density at radius 3 is 2.71 bits per heavy atom. The Morgan fingerprint density at radius 2 is 2.08 bits per heavy atom. The normalized spacial score (nSPS) is 10.9. The van der Waals surface area contributed by atoms with Crippen LogP contribution < -0.4 is 15.4 Å². The largest absolute Gasteiger partial charge is 0.496 e. The predicted octanol–water partition coefficient (Wildman–Crippen LogP) is 2.22. The van der Waals surface area contributed by atoms with Gasteiger partial charge in [0.25, 0.3) is 0 Å². The van der Waals surface area contributed by atoms with Gasteiger partial charge in [0.2, 0.25) is 5.89 Å². The third-order valence-corrected chi connectivity index (χ3v) is 3.38. The molecule has 1 aromatic heterocycles. The lowest BCUT2D eigenvalue weighted by molar-refractivity contribution is 0.371. The van der Waals surface area contributed by atoms with E-state index in [9.17, 15) is 0 Å². The zero-order valence-corrected chi connectivity index (χ0v) is 16.8. The molecule has 0 bridgehead atoms. The number of methoxy groups -OCH3 is 1. The second-order valence-electron chi connectivity index (χ2n) is 5.14. The van der Waals surface area contributed by atoms with Gasteiger partial charge in [0.1, 0.15) is 5.75 Å². The van der Waals surface area contributed by atoms with Crippen LogP contribution in [0.2, 0.25) is 0 Å². The maximum absolute atomic E-state index is 5.34. The molecule has 0 aliphatic rings. The third kappa shape index (κ3) is 5.99. The molecule has 0 amide bonds. The van der Waals surface area contributed by atoms with Crippen LogP contribution in [-0.2, 0) is 13.0 Å². The summed E-state index contributed by atoms with van der Waals surface area (Å²) in [6.45, 7) is 5.02. The summed E-state index contributed by atoms with van der Waals surface area (Å²) in [6.07, 6.45) is 0.872. The summed E-state index contributed by atoms with van der Waals surface area (Å²) in [5.74, 6) is 2.77. The standard InChI is InChI=1S/C16H23N5O2.HI/c1-11-5-6-13(9-14(11)22-4)7-8-18-16(17-3)19-10-15-20-12(2)21-23-15;/h5-6,9H,7-8,10H2,1-4H3,(H2,17,18,19);1H. The Kier molecular flexibility index (Phi) is 8.51. The topological polar surface area (TPSA) is 84.6 Å². The molecule has 0 aliphatic carbocycles. The molecule has 0 atom stereocenters. The van der Waals surface area contributed by atoms with Crippen molar-refractivity contribution >= 4 is 29.9 Å². The molecule has 0 saturated carbocycles. The van der Waals surface area contributed by atoms with E-state index in [1.54, 1.807) is 21.1 Å². The number of aryl methyl sites for hydroxylation is 2. The SMILES string of the molecule is CN=C(NCCc1ccc(C)c(OC)c1)NCc1nc(C)no1.I. The highest BCUT2D eigenvalue weighted by Crippen LogP contribution is 2.18. The smallest absolute Gasteiger partial charge is 0.246 e. The number of aromatic nitrogens is 2.